The van der Waals surface area contributed by atoms with Crippen molar-refractivity contribution in [3.8, 4) is 0 Å². The zero-order valence-electron chi connectivity index (χ0n) is 16.2. The van der Waals surface area contributed by atoms with Crippen LogP contribution in [0.3, 0.4) is 0 Å². The lowest BCUT2D eigenvalue weighted by molar-refractivity contribution is -0.122. The van der Waals surface area contributed by atoms with Crippen molar-refractivity contribution in [3.05, 3.63) is 65.2 Å². The van der Waals surface area contributed by atoms with Crippen molar-refractivity contribution in [3.63, 3.8) is 0 Å². The summed E-state index contributed by atoms with van der Waals surface area (Å²) in [6.45, 7) is 7.94. The van der Waals surface area contributed by atoms with Gasteiger partial charge in [-0.1, -0.05) is 30.3 Å². The Labute approximate surface area is 170 Å². The number of anilines is 2. The average Bonchev–Trinajstić information content (AvgIpc) is 2.68. The molecule has 1 fully saturated rings. The van der Waals surface area contributed by atoms with Crippen LogP contribution in [0.2, 0.25) is 0 Å². The van der Waals surface area contributed by atoms with E-state index in [2.05, 4.69) is 24.1 Å². The maximum Gasteiger partial charge on any atom is 0.270 e. The normalized spacial score (nSPS) is 15.8. The number of benzene rings is 2. The van der Waals surface area contributed by atoms with Crippen LogP contribution >= 0.6 is 12.2 Å². The van der Waals surface area contributed by atoms with Crippen LogP contribution in [-0.2, 0) is 9.59 Å². The maximum absolute atomic E-state index is 13.1. The minimum absolute atomic E-state index is 0.0624. The number of hydrogen-bond donors (Lipinski definition) is 1. The first kappa shape index (κ1) is 19.8. The third kappa shape index (κ3) is 3.82. The van der Waals surface area contributed by atoms with Crippen LogP contribution in [0.1, 0.15) is 25.0 Å². The largest absolute Gasteiger partial charge is 0.372 e. The van der Waals surface area contributed by atoms with Gasteiger partial charge >= 0.3 is 0 Å². The molecule has 0 bridgehead atoms. The number of amides is 2. The van der Waals surface area contributed by atoms with E-state index >= 15 is 0 Å². The molecule has 2 aromatic rings. The monoisotopic (exact) mass is 393 g/mol. The second kappa shape index (κ2) is 8.35. The van der Waals surface area contributed by atoms with E-state index in [9.17, 15) is 9.59 Å². The van der Waals surface area contributed by atoms with Gasteiger partial charge in [0.2, 0.25) is 0 Å². The van der Waals surface area contributed by atoms with Crippen LogP contribution in [0.15, 0.2) is 54.1 Å². The van der Waals surface area contributed by atoms with Gasteiger partial charge in [-0.15, -0.1) is 0 Å². The fourth-order valence-electron chi connectivity index (χ4n) is 3.23. The zero-order valence-corrected chi connectivity index (χ0v) is 17.0. The predicted octanol–water partition coefficient (Wildman–Crippen LogP) is 3.67. The van der Waals surface area contributed by atoms with Crippen LogP contribution in [0.4, 0.5) is 11.4 Å². The van der Waals surface area contributed by atoms with Crippen LogP contribution in [0.5, 0.6) is 0 Å². The molecule has 0 radical (unpaired) electrons. The quantitative estimate of drug-likeness (QED) is 0.478. The van der Waals surface area contributed by atoms with E-state index in [1.807, 2.05) is 55.5 Å². The number of para-hydroxylation sites is 1. The van der Waals surface area contributed by atoms with Gasteiger partial charge in [0.25, 0.3) is 11.8 Å². The molecule has 1 N–H and O–H groups in total. The van der Waals surface area contributed by atoms with Gasteiger partial charge in [0.15, 0.2) is 5.11 Å². The smallest absolute Gasteiger partial charge is 0.270 e. The zero-order chi connectivity index (χ0) is 20.3. The van der Waals surface area contributed by atoms with Gasteiger partial charge in [0, 0.05) is 18.8 Å². The highest BCUT2D eigenvalue weighted by Gasteiger charge is 2.34. The molecular weight excluding hydrogens is 370 g/mol. The topological polar surface area (TPSA) is 52.7 Å². The van der Waals surface area contributed by atoms with Crippen molar-refractivity contribution in [2.75, 3.05) is 22.9 Å². The van der Waals surface area contributed by atoms with E-state index in [0.29, 0.717) is 5.69 Å². The number of rotatable bonds is 5. The Bertz CT molecular complexity index is 947. The molecule has 5 nitrogen and oxygen atoms in total. The van der Waals surface area contributed by atoms with Crippen LogP contribution < -0.4 is 15.1 Å². The standard InChI is InChI=1S/C22H23N3O2S/c1-4-24(5-2)17-12-10-16(11-13-17)14-18-20(26)23-22(28)25(21(18)27)19-9-7-6-8-15(19)3/h6-14H,4-5H2,1-3H3,(H,23,26,28). The van der Waals surface area contributed by atoms with Gasteiger partial charge in [0.05, 0.1) is 5.69 Å². The fourth-order valence-corrected chi connectivity index (χ4v) is 3.50. The SMILES string of the molecule is CCN(CC)c1ccc(C=C2C(=O)NC(=S)N(c3ccccc3C)C2=O)cc1. The minimum atomic E-state index is -0.479. The molecule has 28 heavy (non-hydrogen) atoms. The molecular formula is C22H23N3O2S. The van der Waals surface area contributed by atoms with Crippen molar-refractivity contribution in [2.45, 2.75) is 20.8 Å². The van der Waals surface area contributed by atoms with Crippen molar-refractivity contribution in [1.82, 2.24) is 5.32 Å². The highest BCUT2D eigenvalue weighted by Crippen LogP contribution is 2.25. The Morgan fingerprint density at radius 1 is 1.04 bits per heavy atom. The molecule has 0 aliphatic carbocycles. The average molecular weight is 394 g/mol. The van der Waals surface area contributed by atoms with Gasteiger partial charge in [-0.2, -0.15) is 0 Å². The first-order valence-corrected chi connectivity index (χ1v) is 9.69. The Balaban J connectivity index is 1.94. The van der Waals surface area contributed by atoms with E-state index in [4.69, 9.17) is 12.2 Å². The number of hydrogen-bond acceptors (Lipinski definition) is 4. The summed E-state index contributed by atoms with van der Waals surface area (Å²) >= 11 is 5.25. The Hall–Kier alpha value is -2.99. The van der Waals surface area contributed by atoms with Crippen molar-refractivity contribution >= 4 is 46.6 Å². The van der Waals surface area contributed by atoms with Crippen molar-refractivity contribution < 1.29 is 9.59 Å². The third-order valence-electron chi connectivity index (χ3n) is 4.79. The lowest BCUT2D eigenvalue weighted by atomic mass is 10.1. The Kier molecular flexibility index (Phi) is 5.90. The molecule has 1 heterocycles. The number of carbonyl (C=O) groups is 2. The van der Waals surface area contributed by atoms with Gasteiger partial charge in [0.1, 0.15) is 5.57 Å². The molecule has 3 rings (SSSR count). The molecule has 0 spiro atoms. The maximum atomic E-state index is 13.1. The number of nitrogens with one attached hydrogen (secondary N) is 1. The van der Waals surface area contributed by atoms with Crippen molar-refractivity contribution in [1.29, 1.82) is 0 Å². The first-order chi connectivity index (χ1) is 13.5. The highest BCUT2D eigenvalue weighted by molar-refractivity contribution is 7.80. The van der Waals surface area contributed by atoms with E-state index < -0.39 is 11.8 Å². The second-order valence-corrected chi connectivity index (χ2v) is 6.89. The fraction of sp³-hybridized carbons (Fsp3) is 0.227. The second-order valence-electron chi connectivity index (χ2n) is 6.51. The summed E-state index contributed by atoms with van der Waals surface area (Å²) in [6.07, 6.45) is 1.61. The summed E-state index contributed by atoms with van der Waals surface area (Å²) < 4.78 is 0. The molecule has 1 aliphatic heterocycles. The number of carbonyl (C=O) groups excluding carboxylic acids is 2. The molecule has 6 heteroatoms. The van der Waals surface area contributed by atoms with E-state index in [1.165, 1.54) is 4.90 Å². The van der Waals surface area contributed by atoms with E-state index in [0.717, 1.165) is 29.9 Å². The third-order valence-corrected chi connectivity index (χ3v) is 5.08. The van der Waals surface area contributed by atoms with Gasteiger partial charge < -0.3 is 4.90 Å². The van der Waals surface area contributed by atoms with E-state index in [-0.39, 0.29) is 10.7 Å². The molecule has 2 amide bonds. The Morgan fingerprint density at radius 2 is 1.68 bits per heavy atom. The number of nitrogens with zero attached hydrogens (tertiary/aromatic N) is 2. The van der Waals surface area contributed by atoms with Crippen molar-refractivity contribution in [2.24, 2.45) is 0 Å². The van der Waals surface area contributed by atoms with Crippen LogP contribution in [0.25, 0.3) is 6.08 Å². The predicted molar refractivity (Wildman–Crippen MR) is 117 cm³/mol. The Morgan fingerprint density at radius 3 is 2.29 bits per heavy atom. The molecule has 0 unspecified atom stereocenters. The van der Waals surface area contributed by atoms with Crippen LogP contribution in [0, 0.1) is 6.92 Å². The highest BCUT2D eigenvalue weighted by atomic mass is 32.1. The van der Waals surface area contributed by atoms with Gasteiger partial charge in [-0.3, -0.25) is 19.8 Å². The minimum Gasteiger partial charge on any atom is -0.372 e. The lowest BCUT2D eigenvalue weighted by Gasteiger charge is -2.30. The van der Waals surface area contributed by atoms with E-state index in [1.54, 1.807) is 6.08 Å². The molecule has 1 aliphatic rings. The van der Waals surface area contributed by atoms with Crippen LogP contribution in [-0.4, -0.2) is 30.0 Å². The molecule has 0 atom stereocenters. The van der Waals surface area contributed by atoms with Gasteiger partial charge in [-0.05, 0) is 68.4 Å². The molecule has 1 saturated heterocycles. The van der Waals surface area contributed by atoms with Gasteiger partial charge in [-0.25, -0.2) is 0 Å². The lowest BCUT2D eigenvalue weighted by Crippen LogP contribution is -2.54. The molecule has 144 valence electrons. The summed E-state index contributed by atoms with van der Waals surface area (Å²) in [4.78, 5) is 29.1. The summed E-state index contributed by atoms with van der Waals surface area (Å²) in [5.41, 5.74) is 3.52. The molecule has 2 aromatic carbocycles. The summed E-state index contributed by atoms with van der Waals surface area (Å²) in [5, 5.41) is 2.72. The molecule has 0 aromatic heterocycles. The summed E-state index contributed by atoms with van der Waals surface area (Å²) in [7, 11) is 0. The number of thiocarbonyl (C=S) groups is 1. The first-order valence-electron chi connectivity index (χ1n) is 9.28. The number of aryl methyl sites for hydroxylation is 1. The summed E-state index contributed by atoms with van der Waals surface area (Å²) in [5.74, 6) is -0.900. The molecule has 0 saturated carbocycles. The summed E-state index contributed by atoms with van der Waals surface area (Å²) in [6, 6.07) is 15.2.